The number of aromatic nitrogens is 3. The maximum atomic E-state index is 12.4. The molecule has 2 aromatic rings. The lowest BCUT2D eigenvalue weighted by Gasteiger charge is -2.39. The van der Waals surface area contributed by atoms with Crippen LogP contribution in [0.25, 0.3) is 0 Å². The molecule has 152 valence electrons. The Kier molecular flexibility index (Phi) is 5.88. The SMILES string of the molecule is COc1ccc(Cc2nc([C@@H](C)N)n(CC(=O)NC3(C)CCC3)n2)cc1OC. The lowest BCUT2D eigenvalue weighted by atomic mass is 9.78. The van der Waals surface area contributed by atoms with Crippen molar-refractivity contribution in [3.05, 3.63) is 35.4 Å². The standard InChI is InChI=1S/C20H29N5O3/c1-13(21)19-22-17(11-14-6-7-15(27-3)16(10-14)28-4)24-25(19)12-18(26)23-20(2)8-5-9-20/h6-7,10,13H,5,8-9,11-12,21H2,1-4H3,(H,23,26)/t13-/m1/s1. The summed E-state index contributed by atoms with van der Waals surface area (Å²) in [5.74, 6) is 2.47. The quantitative estimate of drug-likeness (QED) is 0.718. The van der Waals surface area contributed by atoms with Crippen LogP contribution in [-0.2, 0) is 17.8 Å². The fourth-order valence-corrected chi connectivity index (χ4v) is 3.45. The highest BCUT2D eigenvalue weighted by molar-refractivity contribution is 5.76. The molecule has 0 spiro atoms. The molecule has 8 nitrogen and oxygen atoms in total. The fourth-order valence-electron chi connectivity index (χ4n) is 3.45. The first-order valence-corrected chi connectivity index (χ1v) is 9.54. The van der Waals surface area contributed by atoms with Crippen molar-refractivity contribution < 1.29 is 14.3 Å². The average Bonchev–Trinajstić information content (AvgIpc) is 3.02. The molecule has 0 aliphatic heterocycles. The highest BCUT2D eigenvalue weighted by Crippen LogP contribution is 2.31. The minimum atomic E-state index is -0.321. The van der Waals surface area contributed by atoms with Crippen LogP contribution in [0.2, 0.25) is 0 Å². The Balaban J connectivity index is 1.75. The first-order valence-electron chi connectivity index (χ1n) is 9.54. The van der Waals surface area contributed by atoms with Gasteiger partial charge in [-0.15, -0.1) is 0 Å². The predicted molar refractivity (Wildman–Crippen MR) is 105 cm³/mol. The second kappa shape index (κ2) is 8.18. The molecular formula is C20H29N5O3. The zero-order valence-corrected chi connectivity index (χ0v) is 17.0. The number of nitrogens with zero attached hydrogens (tertiary/aromatic N) is 3. The maximum absolute atomic E-state index is 12.4. The lowest BCUT2D eigenvalue weighted by molar-refractivity contribution is -0.124. The van der Waals surface area contributed by atoms with Crippen LogP contribution < -0.4 is 20.5 Å². The minimum absolute atomic E-state index is 0.0633. The number of amides is 1. The molecule has 28 heavy (non-hydrogen) atoms. The van der Waals surface area contributed by atoms with Crippen molar-refractivity contribution in [2.45, 2.75) is 57.7 Å². The number of hydrogen-bond acceptors (Lipinski definition) is 6. The van der Waals surface area contributed by atoms with E-state index >= 15 is 0 Å². The molecule has 1 aliphatic rings. The van der Waals surface area contributed by atoms with Gasteiger partial charge >= 0.3 is 0 Å². The van der Waals surface area contributed by atoms with Crippen molar-refractivity contribution in [3.8, 4) is 11.5 Å². The molecule has 1 fully saturated rings. The number of carbonyl (C=O) groups is 1. The van der Waals surface area contributed by atoms with Gasteiger partial charge in [-0.05, 0) is 50.8 Å². The lowest BCUT2D eigenvalue weighted by Crippen LogP contribution is -2.52. The van der Waals surface area contributed by atoms with E-state index in [1.54, 1.807) is 18.9 Å². The van der Waals surface area contributed by atoms with Crippen molar-refractivity contribution in [3.63, 3.8) is 0 Å². The zero-order chi connectivity index (χ0) is 20.3. The van der Waals surface area contributed by atoms with Crippen LogP contribution in [0.15, 0.2) is 18.2 Å². The van der Waals surface area contributed by atoms with Gasteiger partial charge in [-0.1, -0.05) is 6.07 Å². The highest BCUT2D eigenvalue weighted by atomic mass is 16.5. The molecule has 3 N–H and O–H groups in total. The van der Waals surface area contributed by atoms with E-state index in [9.17, 15) is 4.79 Å². The van der Waals surface area contributed by atoms with Crippen LogP contribution in [0.4, 0.5) is 0 Å². The Labute approximate surface area is 165 Å². The van der Waals surface area contributed by atoms with Gasteiger partial charge in [0.2, 0.25) is 5.91 Å². The second-order valence-corrected chi connectivity index (χ2v) is 7.66. The number of rotatable bonds is 8. The molecule has 1 aromatic heterocycles. The molecule has 1 saturated carbocycles. The van der Waals surface area contributed by atoms with E-state index in [1.807, 2.05) is 25.1 Å². The van der Waals surface area contributed by atoms with Gasteiger partial charge in [0.15, 0.2) is 17.3 Å². The molecule has 0 radical (unpaired) electrons. The Bertz CT molecular complexity index is 842. The molecule has 1 heterocycles. The Morgan fingerprint density at radius 1 is 1.32 bits per heavy atom. The normalized spacial score (nSPS) is 16.2. The minimum Gasteiger partial charge on any atom is -0.493 e. The van der Waals surface area contributed by atoms with Crippen molar-refractivity contribution in [1.29, 1.82) is 0 Å². The topological polar surface area (TPSA) is 104 Å². The Morgan fingerprint density at radius 2 is 2.04 bits per heavy atom. The molecule has 1 aliphatic carbocycles. The molecule has 0 saturated heterocycles. The summed E-state index contributed by atoms with van der Waals surface area (Å²) in [5.41, 5.74) is 6.95. The van der Waals surface area contributed by atoms with Crippen molar-refractivity contribution in [2.75, 3.05) is 14.2 Å². The van der Waals surface area contributed by atoms with E-state index in [-0.39, 0.29) is 24.0 Å². The van der Waals surface area contributed by atoms with Crippen LogP contribution in [-0.4, -0.2) is 40.4 Å². The molecule has 3 rings (SSSR count). The molecule has 1 amide bonds. The summed E-state index contributed by atoms with van der Waals surface area (Å²) in [7, 11) is 3.20. The van der Waals surface area contributed by atoms with Gasteiger partial charge in [-0.3, -0.25) is 4.79 Å². The summed E-state index contributed by atoms with van der Waals surface area (Å²) in [6.07, 6.45) is 3.69. The van der Waals surface area contributed by atoms with Crippen LogP contribution in [0.5, 0.6) is 11.5 Å². The van der Waals surface area contributed by atoms with Gasteiger partial charge in [-0.2, -0.15) is 5.10 Å². The third kappa shape index (κ3) is 4.44. The summed E-state index contributed by atoms with van der Waals surface area (Å²) >= 11 is 0. The summed E-state index contributed by atoms with van der Waals surface area (Å²) in [5, 5.41) is 7.63. The number of nitrogens with two attached hydrogens (primary N) is 1. The Hall–Kier alpha value is -2.61. The third-order valence-corrected chi connectivity index (χ3v) is 5.15. The average molecular weight is 387 g/mol. The molecular weight excluding hydrogens is 358 g/mol. The number of ether oxygens (including phenoxy) is 2. The number of benzene rings is 1. The van der Waals surface area contributed by atoms with Gasteiger partial charge in [0, 0.05) is 12.0 Å². The number of carbonyl (C=O) groups excluding carboxylic acids is 1. The third-order valence-electron chi connectivity index (χ3n) is 5.15. The smallest absolute Gasteiger partial charge is 0.242 e. The van der Waals surface area contributed by atoms with Crippen molar-refractivity contribution in [2.24, 2.45) is 5.73 Å². The molecule has 1 atom stereocenters. The highest BCUT2D eigenvalue weighted by Gasteiger charge is 2.33. The van der Waals surface area contributed by atoms with Gasteiger partial charge in [0.1, 0.15) is 12.4 Å². The van der Waals surface area contributed by atoms with Gasteiger partial charge in [0.25, 0.3) is 0 Å². The summed E-state index contributed by atoms with van der Waals surface area (Å²) in [6.45, 7) is 4.03. The summed E-state index contributed by atoms with van der Waals surface area (Å²) in [4.78, 5) is 17.0. The number of hydrogen-bond donors (Lipinski definition) is 2. The van der Waals surface area contributed by atoms with E-state index in [4.69, 9.17) is 15.2 Å². The fraction of sp³-hybridized carbons (Fsp3) is 0.550. The van der Waals surface area contributed by atoms with Gasteiger partial charge < -0.3 is 20.5 Å². The van der Waals surface area contributed by atoms with E-state index in [0.29, 0.717) is 29.6 Å². The Morgan fingerprint density at radius 3 is 2.61 bits per heavy atom. The largest absolute Gasteiger partial charge is 0.493 e. The molecule has 8 heteroatoms. The monoisotopic (exact) mass is 387 g/mol. The van der Waals surface area contributed by atoms with Crippen LogP contribution in [0, 0.1) is 0 Å². The van der Waals surface area contributed by atoms with Crippen LogP contribution >= 0.6 is 0 Å². The summed E-state index contributed by atoms with van der Waals surface area (Å²) in [6, 6.07) is 5.37. The second-order valence-electron chi connectivity index (χ2n) is 7.66. The summed E-state index contributed by atoms with van der Waals surface area (Å²) < 4.78 is 12.2. The zero-order valence-electron chi connectivity index (χ0n) is 17.0. The van der Waals surface area contributed by atoms with Crippen molar-refractivity contribution >= 4 is 5.91 Å². The maximum Gasteiger partial charge on any atom is 0.242 e. The van der Waals surface area contributed by atoms with Crippen LogP contribution in [0.1, 0.15) is 56.4 Å². The number of methoxy groups -OCH3 is 2. The van der Waals surface area contributed by atoms with Crippen molar-refractivity contribution in [1.82, 2.24) is 20.1 Å². The van der Waals surface area contributed by atoms with Gasteiger partial charge in [-0.25, -0.2) is 9.67 Å². The van der Waals surface area contributed by atoms with E-state index in [0.717, 1.165) is 24.8 Å². The first kappa shape index (κ1) is 20.1. The van der Waals surface area contributed by atoms with Crippen LogP contribution in [0.3, 0.4) is 0 Å². The molecule has 1 aromatic carbocycles. The number of nitrogens with one attached hydrogen (secondary N) is 1. The first-order chi connectivity index (χ1) is 13.3. The van der Waals surface area contributed by atoms with E-state index < -0.39 is 0 Å². The van der Waals surface area contributed by atoms with E-state index in [2.05, 4.69) is 22.3 Å². The predicted octanol–water partition coefficient (Wildman–Crippen LogP) is 1.96. The van der Waals surface area contributed by atoms with E-state index in [1.165, 1.54) is 0 Å². The molecule has 0 bridgehead atoms. The molecule has 0 unspecified atom stereocenters. The van der Waals surface area contributed by atoms with Gasteiger partial charge in [0.05, 0.1) is 20.3 Å².